The standard InChI is InChI=1S/H3OSi.Sn.Zn.H/c1-2;;;/h1H,2H2;;;. The molecule has 4 radical (unpaired) electrons. The van der Waals surface area contributed by atoms with Crippen LogP contribution in [0, 0.1) is 0 Å². The van der Waals surface area contributed by atoms with Gasteiger partial charge < -0.3 is 4.80 Å². The van der Waals surface area contributed by atoms with Crippen LogP contribution in [0.15, 0.2) is 0 Å². The van der Waals surface area contributed by atoms with Gasteiger partial charge in [-0.25, -0.2) is 0 Å². The zero-order chi connectivity index (χ0) is 2.00. The molecule has 0 bridgehead atoms. The largest absolute Gasteiger partial charge is 0 e. The fourth-order valence-electron chi connectivity index (χ4n) is 0. The molecule has 0 aromatic rings. The van der Waals surface area contributed by atoms with E-state index < -0.39 is 0 Å². The van der Waals surface area contributed by atoms with E-state index >= 15 is 0 Å². The van der Waals surface area contributed by atoms with Gasteiger partial charge in [-0.1, -0.05) is 0 Å². The van der Waals surface area contributed by atoms with Crippen LogP contribution in [0.3, 0.4) is 0 Å². The first-order valence-electron chi connectivity index (χ1n) is 0.316. The van der Waals surface area contributed by atoms with Gasteiger partial charge in [0, 0.05) is 19.5 Å². The van der Waals surface area contributed by atoms with Crippen molar-refractivity contribution in [1.82, 2.24) is 0 Å². The summed E-state index contributed by atoms with van der Waals surface area (Å²) in [5.41, 5.74) is 0. The summed E-state index contributed by atoms with van der Waals surface area (Å²) in [7, 11) is 0.861. The zero-order valence-electron chi connectivity index (χ0n) is 2.44. The molecule has 0 fully saturated rings. The maximum Gasteiger partial charge on any atom is 0 e. The molecule has 0 aromatic heterocycles. The molecule has 0 saturated heterocycles. The van der Waals surface area contributed by atoms with Crippen molar-refractivity contribution in [3.63, 3.8) is 0 Å². The molecular formula is H4OSiSnZn. The van der Waals surface area contributed by atoms with E-state index in [1.165, 1.54) is 0 Å². The quantitative estimate of drug-likeness (QED) is 0.473. The Balaban J connectivity index is -0.00000000500. The molecule has 0 atom stereocenters. The predicted molar refractivity (Wildman–Crippen MR) is 17.9 cm³/mol. The SMILES string of the molecule is O[SiH2].[SnH].[Zn]. The first-order valence-corrected chi connectivity index (χ1v) is 0.949. The van der Waals surface area contributed by atoms with E-state index in [1.807, 2.05) is 0 Å². The van der Waals surface area contributed by atoms with E-state index in [2.05, 4.69) is 0 Å². The van der Waals surface area contributed by atoms with Gasteiger partial charge in [0.25, 0.3) is 0 Å². The topological polar surface area (TPSA) is 20.2 Å². The van der Waals surface area contributed by atoms with Gasteiger partial charge in [0.1, 0.15) is 0 Å². The van der Waals surface area contributed by atoms with E-state index in [9.17, 15) is 0 Å². The van der Waals surface area contributed by atoms with Gasteiger partial charge in [-0.3, -0.25) is 0 Å². The van der Waals surface area contributed by atoms with E-state index in [4.69, 9.17) is 4.80 Å². The van der Waals surface area contributed by atoms with Gasteiger partial charge in [0.15, 0.2) is 10.5 Å². The van der Waals surface area contributed by atoms with Crippen molar-refractivity contribution in [2.24, 2.45) is 0 Å². The molecule has 0 unspecified atom stereocenters. The molecule has 4 heteroatoms. The van der Waals surface area contributed by atoms with Crippen molar-refractivity contribution in [1.29, 1.82) is 0 Å². The molecule has 0 aliphatic rings. The molecule has 1 N–H and O–H groups in total. The average Bonchev–Trinajstić information content (AvgIpc) is 1.00. The van der Waals surface area contributed by atoms with Crippen LogP contribution in [0.4, 0.5) is 0 Å². The van der Waals surface area contributed by atoms with Gasteiger partial charge in [-0.05, 0) is 0 Å². The normalized spacial score (nSPS) is 1.50. The Bertz CT molecular complexity index is 8.00. The first kappa shape index (κ1) is 17.5. The summed E-state index contributed by atoms with van der Waals surface area (Å²) in [4.78, 5) is 7.03. The smallest absolute Gasteiger partial charge is 0 e. The maximum atomic E-state index is 7.03. The monoisotopic (exact) mass is 232 g/mol. The number of hydrogen-bond donors (Lipinski definition) is 1. The van der Waals surface area contributed by atoms with Crippen LogP contribution in [0.5, 0.6) is 0 Å². The molecule has 0 aliphatic carbocycles. The van der Waals surface area contributed by atoms with Crippen LogP contribution in [-0.4, -0.2) is 39.2 Å². The summed E-state index contributed by atoms with van der Waals surface area (Å²) in [6.07, 6.45) is 0. The van der Waals surface area contributed by atoms with Gasteiger partial charge in [-0.2, -0.15) is 0 Å². The molecule has 0 aromatic carbocycles. The van der Waals surface area contributed by atoms with Crippen molar-refractivity contribution in [2.45, 2.75) is 0 Å². The Kier molecular flexibility index (Phi) is 102. The van der Waals surface area contributed by atoms with Crippen molar-refractivity contribution < 1.29 is 24.3 Å². The molecule has 0 spiro atoms. The molecule has 0 heterocycles. The van der Waals surface area contributed by atoms with Crippen molar-refractivity contribution >= 4 is 34.4 Å². The molecule has 20 valence electrons. The first-order chi connectivity index (χ1) is 1.00. The van der Waals surface area contributed by atoms with Crippen LogP contribution in [-0.2, 0) is 19.5 Å². The van der Waals surface area contributed by atoms with Crippen molar-refractivity contribution in [3.8, 4) is 0 Å². The van der Waals surface area contributed by atoms with Crippen molar-refractivity contribution in [3.05, 3.63) is 0 Å². The van der Waals surface area contributed by atoms with Crippen LogP contribution in [0.25, 0.3) is 0 Å². The Morgan fingerprint density at radius 1 is 1.25 bits per heavy atom. The molecule has 0 amide bonds. The summed E-state index contributed by atoms with van der Waals surface area (Å²) in [5, 5.41) is 0. The summed E-state index contributed by atoms with van der Waals surface area (Å²) in [6, 6.07) is 0. The Morgan fingerprint density at radius 2 is 1.25 bits per heavy atom. The molecule has 1 nitrogen and oxygen atoms in total. The minimum Gasteiger partial charge on any atom is 0 e. The third kappa shape index (κ3) is 9.51. The second-order valence-corrected chi connectivity index (χ2v) is 0. The van der Waals surface area contributed by atoms with Crippen molar-refractivity contribution in [2.75, 3.05) is 0 Å². The van der Waals surface area contributed by atoms with Crippen LogP contribution in [0.2, 0.25) is 0 Å². The third-order valence-corrected chi connectivity index (χ3v) is 0. The minimum absolute atomic E-state index is 0. The van der Waals surface area contributed by atoms with Gasteiger partial charge in [0.05, 0.1) is 0 Å². The summed E-state index contributed by atoms with van der Waals surface area (Å²) >= 11 is 0. The molecule has 0 rings (SSSR count). The van der Waals surface area contributed by atoms with Crippen LogP contribution < -0.4 is 0 Å². The van der Waals surface area contributed by atoms with Gasteiger partial charge in [0.2, 0.25) is 0 Å². The second-order valence-electron chi connectivity index (χ2n) is 0. The van der Waals surface area contributed by atoms with E-state index in [-0.39, 0.29) is 43.4 Å². The third-order valence-electron chi connectivity index (χ3n) is 0. The molecule has 4 heavy (non-hydrogen) atoms. The van der Waals surface area contributed by atoms with E-state index in [0.29, 0.717) is 0 Å². The second kappa shape index (κ2) is 23.3. The maximum absolute atomic E-state index is 7.03. The van der Waals surface area contributed by atoms with Gasteiger partial charge in [-0.15, -0.1) is 0 Å². The Morgan fingerprint density at radius 3 is 1.25 bits per heavy atom. The van der Waals surface area contributed by atoms with E-state index in [0.717, 1.165) is 10.5 Å². The van der Waals surface area contributed by atoms with E-state index in [1.54, 1.807) is 0 Å². The predicted octanol–water partition coefficient (Wildman–Crippen LogP) is -2.12. The minimum atomic E-state index is 0. The molecular weight excluding hydrogens is 228 g/mol. The fraction of sp³-hybridized carbons (Fsp3) is 0. The fourth-order valence-corrected chi connectivity index (χ4v) is 0. The average molecular weight is 232 g/mol. The number of hydrogen-bond acceptors (Lipinski definition) is 1. The summed E-state index contributed by atoms with van der Waals surface area (Å²) in [6.45, 7) is 0. The summed E-state index contributed by atoms with van der Waals surface area (Å²) in [5.74, 6) is 0. The zero-order valence-corrected chi connectivity index (χ0v) is 10.1. The van der Waals surface area contributed by atoms with Gasteiger partial charge >= 0.3 is 23.9 Å². The van der Waals surface area contributed by atoms with Crippen LogP contribution >= 0.6 is 0 Å². The van der Waals surface area contributed by atoms with Crippen LogP contribution in [0.1, 0.15) is 0 Å². The molecule has 0 aliphatic heterocycles. The Hall–Kier alpha value is 1.60. The Labute approximate surface area is 58.4 Å². The molecule has 0 saturated carbocycles. The summed E-state index contributed by atoms with van der Waals surface area (Å²) < 4.78 is 0. The number of rotatable bonds is 0.